The summed E-state index contributed by atoms with van der Waals surface area (Å²) >= 11 is 18.2. The average Bonchev–Trinajstić information content (AvgIpc) is 2.48. The smallest absolute Gasteiger partial charge is 0.235 e. The Morgan fingerprint density at radius 1 is 1.50 bits per heavy atom. The van der Waals surface area contributed by atoms with Crippen LogP contribution < -0.4 is 4.90 Å². The van der Waals surface area contributed by atoms with Crippen LogP contribution in [-0.2, 0) is 9.53 Å². The van der Waals surface area contributed by atoms with Gasteiger partial charge in [-0.3, -0.25) is 9.69 Å². The molecule has 0 N–H and O–H groups in total. The fourth-order valence-corrected chi connectivity index (χ4v) is 3.61. The zero-order valence-corrected chi connectivity index (χ0v) is 16.3. The first kappa shape index (κ1) is 20.9. The van der Waals surface area contributed by atoms with Gasteiger partial charge >= 0.3 is 0 Å². The number of hydrogen-bond acceptors (Lipinski definition) is 7. The van der Waals surface area contributed by atoms with Crippen molar-refractivity contribution in [3.8, 4) is 6.07 Å². The number of halogens is 2. The molecule has 0 saturated carbocycles. The third-order valence-electron chi connectivity index (χ3n) is 2.76. The predicted molar refractivity (Wildman–Crippen MR) is 101 cm³/mol. The highest BCUT2D eigenvalue weighted by atomic mass is 35.5. The van der Waals surface area contributed by atoms with Gasteiger partial charge in [-0.1, -0.05) is 35.0 Å². The minimum Gasteiger partial charge on any atom is -0.479 e. The number of hydrogen-bond donors (Lipinski definition) is 0. The Hall–Kier alpha value is -1.14. The van der Waals surface area contributed by atoms with E-state index in [2.05, 4.69) is 16.0 Å². The zero-order valence-electron chi connectivity index (χ0n) is 13.2. The number of rotatable bonds is 7. The van der Waals surface area contributed by atoms with Crippen LogP contribution in [0, 0.1) is 11.3 Å². The third-order valence-corrected chi connectivity index (χ3v) is 4.58. The highest BCUT2D eigenvalue weighted by molar-refractivity contribution is 8.23. The van der Waals surface area contributed by atoms with Crippen molar-refractivity contribution in [1.82, 2.24) is 9.97 Å². The van der Waals surface area contributed by atoms with Crippen LogP contribution in [0.15, 0.2) is 6.07 Å². The normalized spacial score (nSPS) is 11.5. The number of aromatic nitrogens is 2. The Morgan fingerprint density at radius 2 is 2.12 bits per heavy atom. The number of nitriles is 1. The topological polar surface area (TPSA) is 79.1 Å². The quantitative estimate of drug-likeness (QED) is 0.502. The molecule has 1 unspecified atom stereocenters. The Kier molecular flexibility index (Phi) is 9.29. The van der Waals surface area contributed by atoms with Crippen LogP contribution in [0.1, 0.15) is 26.7 Å². The highest BCUT2D eigenvalue weighted by Gasteiger charge is 2.23. The molecule has 24 heavy (non-hydrogen) atoms. The molecule has 0 spiro atoms. The van der Waals surface area contributed by atoms with E-state index in [1.54, 1.807) is 0 Å². The van der Waals surface area contributed by atoms with E-state index < -0.39 is 0 Å². The van der Waals surface area contributed by atoms with E-state index in [0.29, 0.717) is 23.8 Å². The summed E-state index contributed by atoms with van der Waals surface area (Å²) in [5.41, 5.74) is 0. The molecule has 0 aliphatic carbocycles. The first-order chi connectivity index (χ1) is 11.4. The van der Waals surface area contributed by atoms with Crippen LogP contribution in [0.4, 0.5) is 5.95 Å². The van der Waals surface area contributed by atoms with E-state index >= 15 is 0 Å². The van der Waals surface area contributed by atoms with Crippen molar-refractivity contribution in [3.05, 3.63) is 16.4 Å². The summed E-state index contributed by atoms with van der Waals surface area (Å²) in [5.74, 6) is -0.150. The Labute approximate surface area is 160 Å². The lowest BCUT2D eigenvalue weighted by molar-refractivity contribution is -0.116. The molecule has 0 aromatic carbocycles. The van der Waals surface area contributed by atoms with Crippen LogP contribution in [0.5, 0.6) is 0 Å². The molecule has 1 amide bonds. The minimum atomic E-state index is -0.266. The van der Waals surface area contributed by atoms with Gasteiger partial charge in [-0.25, -0.2) is 9.97 Å². The van der Waals surface area contributed by atoms with E-state index in [0.717, 1.165) is 0 Å². The molecule has 0 bridgehead atoms. The molecule has 10 heteroatoms. The lowest BCUT2D eigenvalue weighted by atomic mass is 10.2. The van der Waals surface area contributed by atoms with E-state index in [1.165, 1.54) is 29.7 Å². The molecule has 1 aromatic rings. The molecular formula is C14H16Cl2N4O2S2. The maximum Gasteiger partial charge on any atom is 0.235 e. The second-order valence-electron chi connectivity index (χ2n) is 4.56. The average molecular weight is 407 g/mol. The maximum absolute atomic E-state index is 12.0. The first-order valence-corrected chi connectivity index (χ1v) is 9.10. The molecule has 1 heterocycles. The molecule has 0 fully saturated rings. The van der Waals surface area contributed by atoms with Crippen molar-refractivity contribution in [1.29, 1.82) is 5.26 Å². The van der Waals surface area contributed by atoms with Crippen molar-refractivity contribution >= 4 is 63.4 Å². The van der Waals surface area contributed by atoms with Gasteiger partial charge in [0.05, 0.1) is 12.7 Å². The summed E-state index contributed by atoms with van der Waals surface area (Å²) in [5, 5.41) is 8.96. The number of thiocarbonyl (C=S) groups is 1. The van der Waals surface area contributed by atoms with Gasteiger partial charge in [-0.05, 0) is 25.6 Å². The molecule has 6 nitrogen and oxygen atoms in total. The number of nitrogens with zero attached hydrogens (tertiary/aromatic N) is 4. The van der Waals surface area contributed by atoms with Crippen LogP contribution in [0.3, 0.4) is 0 Å². The number of thioether (sulfide) groups is 1. The summed E-state index contributed by atoms with van der Waals surface area (Å²) in [6, 6.07) is 3.48. The second kappa shape index (κ2) is 10.7. The lowest BCUT2D eigenvalue weighted by Crippen LogP contribution is -2.36. The molecule has 130 valence electrons. The van der Waals surface area contributed by atoms with Crippen LogP contribution in [0.25, 0.3) is 0 Å². The fourth-order valence-electron chi connectivity index (χ4n) is 1.76. The van der Waals surface area contributed by atoms with Crippen molar-refractivity contribution in [3.63, 3.8) is 0 Å². The van der Waals surface area contributed by atoms with Crippen LogP contribution >= 0.6 is 47.2 Å². The van der Waals surface area contributed by atoms with Gasteiger partial charge in [-0.15, -0.1) is 0 Å². The predicted octanol–water partition coefficient (Wildman–Crippen LogP) is 3.86. The van der Waals surface area contributed by atoms with E-state index in [9.17, 15) is 4.79 Å². The zero-order chi connectivity index (χ0) is 18.1. The fraction of sp³-hybridized carbons (Fsp3) is 0.500. The summed E-state index contributed by atoms with van der Waals surface area (Å²) in [6.07, 6.45) is 0.863. The van der Waals surface area contributed by atoms with Gasteiger partial charge in [0.1, 0.15) is 10.3 Å². The van der Waals surface area contributed by atoms with Gasteiger partial charge in [0.25, 0.3) is 0 Å². The molecule has 0 aliphatic rings. The van der Waals surface area contributed by atoms with Gasteiger partial charge in [0.2, 0.25) is 16.2 Å². The summed E-state index contributed by atoms with van der Waals surface area (Å²) in [4.78, 5) is 21.5. The summed E-state index contributed by atoms with van der Waals surface area (Å²) < 4.78 is 5.64. The number of carbonyl (C=O) groups excluding carboxylic acids is 1. The molecule has 1 atom stereocenters. The molecule has 0 saturated heterocycles. The van der Waals surface area contributed by atoms with Gasteiger partial charge in [-0.2, -0.15) is 5.26 Å². The number of anilines is 1. The van der Waals surface area contributed by atoms with Crippen molar-refractivity contribution < 1.29 is 9.53 Å². The van der Waals surface area contributed by atoms with Crippen LogP contribution in [0.2, 0.25) is 10.3 Å². The van der Waals surface area contributed by atoms with Crippen LogP contribution in [-0.4, -0.2) is 38.7 Å². The summed E-state index contributed by atoms with van der Waals surface area (Å²) in [6.45, 7) is 3.94. The lowest BCUT2D eigenvalue weighted by Gasteiger charge is -2.24. The Bertz CT molecular complexity index is 619. The second-order valence-corrected chi connectivity index (χ2v) is 7.24. The van der Waals surface area contributed by atoms with E-state index in [4.69, 9.17) is 45.4 Å². The molecule has 0 aliphatic heterocycles. The van der Waals surface area contributed by atoms with Gasteiger partial charge in [0.15, 0.2) is 0 Å². The Balaban J connectivity index is 2.97. The highest BCUT2D eigenvalue weighted by Crippen LogP contribution is 2.24. The Morgan fingerprint density at radius 3 is 2.62 bits per heavy atom. The standard InChI is InChI=1S/C14H16Cl2N4O2S2/c1-3-22-14(23)24-10(5-4-6-17)8-20(9(2)21)13-18-11(15)7-12(16)19-13/h7,10H,3-5,8H2,1-2H3. The van der Waals surface area contributed by atoms with E-state index in [-0.39, 0.29) is 34.0 Å². The number of carbonyl (C=O) groups is 1. The molecular weight excluding hydrogens is 391 g/mol. The van der Waals surface area contributed by atoms with Gasteiger partial charge < -0.3 is 4.74 Å². The van der Waals surface area contributed by atoms with Gasteiger partial charge in [0, 0.05) is 31.2 Å². The van der Waals surface area contributed by atoms with Crippen molar-refractivity contribution in [2.45, 2.75) is 31.9 Å². The minimum absolute atomic E-state index is 0.116. The number of amides is 1. The summed E-state index contributed by atoms with van der Waals surface area (Å²) in [7, 11) is 0. The molecule has 1 rings (SSSR count). The number of ether oxygens (including phenoxy) is 1. The SMILES string of the molecule is CCOC(=S)SC(CCC#N)CN(C(C)=O)c1nc(Cl)cc(Cl)n1. The largest absolute Gasteiger partial charge is 0.479 e. The maximum atomic E-state index is 12.0. The van der Waals surface area contributed by atoms with E-state index in [1.807, 2.05) is 6.92 Å². The van der Waals surface area contributed by atoms with Crippen molar-refractivity contribution in [2.75, 3.05) is 18.1 Å². The molecule has 1 aromatic heterocycles. The van der Waals surface area contributed by atoms with Crippen molar-refractivity contribution in [2.24, 2.45) is 0 Å². The monoisotopic (exact) mass is 406 g/mol. The first-order valence-electron chi connectivity index (χ1n) is 7.05. The third kappa shape index (κ3) is 7.18. The molecule has 0 radical (unpaired) electrons.